The van der Waals surface area contributed by atoms with Crippen LogP contribution in [0.1, 0.15) is 11.1 Å². The van der Waals surface area contributed by atoms with E-state index in [2.05, 4.69) is 5.32 Å². The van der Waals surface area contributed by atoms with Gasteiger partial charge in [-0.2, -0.15) is 0 Å². The molecule has 0 aliphatic carbocycles. The van der Waals surface area contributed by atoms with Gasteiger partial charge in [-0.05, 0) is 53.6 Å². The Morgan fingerprint density at radius 1 is 0.824 bits per heavy atom. The minimum absolute atomic E-state index is 0.222. The second-order valence-corrected chi connectivity index (χ2v) is 7.22. The van der Waals surface area contributed by atoms with Crippen LogP contribution in [0.3, 0.4) is 0 Å². The molecule has 0 fully saturated rings. The summed E-state index contributed by atoms with van der Waals surface area (Å²) >= 11 is 0. The standard InChI is InChI=1S/C26H27NO7/c1-31-22-9-5-18(15-24(22)32-2)12-13-34-23-10-7-19(16-25(23)33-3)27-26(30)11-6-17-4-8-20(28)21(29)14-17/h4-11,14-16,28-29H,12-13H2,1-3H3,(H,27,30)/b11-6+. The van der Waals surface area contributed by atoms with Crippen LogP contribution in [0.5, 0.6) is 34.5 Å². The summed E-state index contributed by atoms with van der Waals surface area (Å²) in [5, 5.41) is 21.6. The fourth-order valence-electron chi connectivity index (χ4n) is 3.18. The first-order chi connectivity index (χ1) is 16.4. The van der Waals surface area contributed by atoms with Gasteiger partial charge in [0.1, 0.15) is 0 Å². The number of phenolic OH excluding ortho intramolecular Hbond substituents is 2. The summed E-state index contributed by atoms with van der Waals surface area (Å²) in [6.07, 6.45) is 3.50. The van der Waals surface area contributed by atoms with Crippen LogP contribution >= 0.6 is 0 Å². The molecule has 0 radical (unpaired) electrons. The van der Waals surface area contributed by atoms with Crippen molar-refractivity contribution in [1.82, 2.24) is 0 Å². The van der Waals surface area contributed by atoms with Crippen LogP contribution in [-0.2, 0) is 11.2 Å². The lowest BCUT2D eigenvalue weighted by Gasteiger charge is -2.13. The molecular weight excluding hydrogens is 438 g/mol. The summed E-state index contributed by atoms with van der Waals surface area (Å²) in [6, 6.07) is 15.1. The molecule has 0 atom stereocenters. The maximum Gasteiger partial charge on any atom is 0.248 e. The molecule has 3 aromatic carbocycles. The van der Waals surface area contributed by atoms with Gasteiger partial charge in [0.2, 0.25) is 5.91 Å². The number of ether oxygens (including phenoxy) is 4. The van der Waals surface area contributed by atoms with E-state index in [4.69, 9.17) is 18.9 Å². The molecule has 0 bridgehead atoms. The molecule has 8 heteroatoms. The molecule has 0 saturated heterocycles. The van der Waals surface area contributed by atoms with E-state index >= 15 is 0 Å². The molecule has 0 unspecified atom stereocenters. The number of carbonyl (C=O) groups is 1. The SMILES string of the molecule is COc1ccc(CCOc2ccc(NC(=O)/C=C/c3ccc(O)c(O)c3)cc2OC)cc1OC. The van der Waals surface area contributed by atoms with E-state index < -0.39 is 0 Å². The van der Waals surface area contributed by atoms with Gasteiger partial charge in [-0.1, -0.05) is 12.1 Å². The quantitative estimate of drug-likeness (QED) is 0.301. The van der Waals surface area contributed by atoms with Gasteiger partial charge in [-0.25, -0.2) is 0 Å². The van der Waals surface area contributed by atoms with E-state index in [9.17, 15) is 15.0 Å². The third-order valence-electron chi connectivity index (χ3n) is 4.95. The Labute approximate surface area is 198 Å². The first-order valence-corrected chi connectivity index (χ1v) is 10.5. The van der Waals surface area contributed by atoms with Crippen LogP contribution in [0.4, 0.5) is 5.69 Å². The average Bonchev–Trinajstić information content (AvgIpc) is 2.85. The lowest BCUT2D eigenvalue weighted by molar-refractivity contribution is -0.111. The Morgan fingerprint density at radius 2 is 1.53 bits per heavy atom. The number of phenols is 2. The summed E-state index contributed by atoms with van der Waals surface area (Å²) in [5.41, 5.74) is 2.14. The van der Waals surface area contributed by atoms with Crippen molar-refractivity contribution in [2.75, 3.05) is 33.3 Å². The number of aromatic hydroxyl groups is 2. The van der Waals surface area contributed by atoms with Crippen molar-refractivity contribution in [1.29, 1.82) is 0 Å². The monoisotopic (exact) mass is 465 g/mol. The van der Waals surface area contributed by atoms with Crippen molar-refractivity contribution < 1.29 is 34.0 Å². The molecule has 34 heavy (non-hydrogen) atoms. The van der Waals surface area contributed by atoms with E-state index in [0.717, 1.165) is 5.56 Å². The molecule has 8 nitrogen and oxygen atoms in total. The summed E-state index contributed by atoms with van der Waals surface area (Å²) in [4.78, 5) is 12.2. The van der Waals surface area contributed by atoms with Crippen molar-refractivity contribution in [3.8, 4) is 34.5 Å². The van der Waals surface area contributed by atoms with Crippen LogP contribution in [0.15, 0.2) is 60.7 Å². The predicted octanol–water partition coefficient (Wildman–Crippen LogP) is 4.40. The molecule has 0 saturated carbocycles. The zero-order chi connectivity index (χ0) is 24.5. The van der Waals surface area contributed by atoms with Gasteiger partial charge in [0.15, 0.2) is 34.5 Å². The Balaban J connectivity index is 1.58. The summed E-state index contributed by atoms with van der Waals surface area (Å²) in [5.74, 6) is 1.52. The number of amides is 1. The van der Waals surface area contributed by atoms with E-state index in [1.54, 1.807) is 38.5 Å². The number of hydrogen-bond acceptors (Lipinski definition) is 7. The number of nitrogens with one attached hydrogen (secondary N) is 1. The lowest BCUT2D eigenvalue weighted by atomic mass is 10.1. The molecule has 0 aliphatic rings. The highest BCUT2D eigenvalue weighted by Crippen LogP contribution is 2.31. The van der Waals surface area contributed by atoms with Gasteiger partial charge < -0.3 is 34.5 Å². The van der Waals surface area contributed by atoms with Gasteiger partial charge in [-0.15, -0.1) is 0 Å². The van der Waals surface area contributed by atoms with Crippen LogP contribution in [-0.4, -0.2) is 44.1 Å². The summed E-state index contributed by atoms with van der Waals surface area (Å²) in [7, 11) is 4.72. The van der Waals surface area contributed by atoms with Crippen molar-refractivity contribution in [2.24, 2.45) is 0 Å². The minimum Gasteiger partial charge on any atom is -0.504 e. The number of benzene rings is 3. The second-order valence-electron chi connectivity index (χ2n) is 7.22. The highest BCUT2D eigenvalue weighted by atomic mass is 16.5. The first-order valence-electron chi connectivity index (χ1n) is 10.5. The van der Waals surface area contributed by atoms with Gasteiger partial charge in [0.25, 0.3) is 0 Å². The van der Waals surface area contributed by atoms with E-state index in [1.165, 1.54) is 31.4 Å². The molecule has 0 aliphatic heterocycles. The molecule has 3 rings (SSSR count). The van der Waals surface area contributed by atoms with Gasteiger partial charge in [0, 0.05) is 24.3 Å². The Morgan fingerprint density at radius 3 is 2.24 bits per heavy atom. The molecule has 0 heterocycles. The van der Waals surface area contributed by atoms with Crippen LogP contribution in [0, 0.1) is 0 Å². The number of anilines is 1. The van der Waals surface area contributed by atoms with Gasteiger partial charge >= 0.3 is 0 Å². The fourth-order valence-corrected chi connectivity index (χ4v) is 3.18. The Bertz CT molecular complexity index is 1170. The zero-order valence-electron chi connectivity index (χ0n) is 19.2. The molecular formula is C26H27NO7. The highest BCUT2D eigenvalue weighted by molar-refractivity contribution is 6.02. The fraction of sp³-hybridized carbons (Fsp3) is 0.192. The second kappa shape index (κ2) is 11.5. The number of hydrogen-bond donors (Lipinski definition) is 3. The maximum atomic E-state index is 12.2. The normalized spacial score (nSPS) is 10.7. The maximum absolute atomic E-state index is 12.2. The van der Waals surface area contributed by atoms with E-state index in [1.807, 2.05) is 18.2 Å². The third kappa shape index (κ3) is 6.35. The highest BCUT2D eigenvalue weighted by Gasteiger charge is 2.09. The Kier molecular flexibility index (Phi) is 8.23. The molecule has 0 spiro atoms. The van der Waals surface area contributed by atoms with Gasteiger partial charge in [-0.3, -0.25) is 4.79 Å². The summed E-state index contributed by atoms with van der Waals surface area (Å²) in [6.45, 7) is 0.416. The molecule has 178 valence electrons. The zero-order valence-corrected chi connectivity index (χ0v) is 19.2. The number of carbonyl (C=O) groups excluding carboxylic acids is 1. The van der Waals surface area contributed by atoms with Crippen LogP contribution < -0.4 is 24.3 Å². The van der Waals surface area contributed by atoms with Crippen molar-refractivity contribution in [2.45, 2.75) is 6.42 Å². The van der Waals surface area contributed by atoms with E-state index in [0.29, 0.717) is 47.3 Å². The molecule has 1 amide bonds. The van der Waals surface area contributed by atoms with Crippen LogP contribution in [0.25, 0.3) is 6.08 Å². The number of rotatable bonds is 10. The molecule has 0 aromatic heterocycles. The first kappa shape index (κ1) is 24.3. The van der Waals surface area contributed by atoms with Crippen molar-refractivity contribution in [3.05, 3.63) is 71.8 Å². The smallest absolute Gasteiger partial charge is 0.248 e. The lowest BCUT2D eigenvalue weighted by Crippen LogP contribution is -2.08. The predicted molar refractivity (Wildman–Crippen MR) is 129 cm³/mol. The minimum atomic E-state index is -0.364. The third-order valence-corrected chi connectivity index (χ3v) is 4.95. The number of methoxy groups -OCH3 is 3. The van der Waals surface area contributed by atoms with Crippen molar-refractivity contribution in [3.63, 3.8) is 0 Å². The van der Waals surface area contributed by atoms with E-state index in [-0.39, 0.29) is 17.4 Å². The molecule has 3 N–H and O–H groups in total. The van der Waals surface area contributed by atoms with Gasteiger partial charge in [0.05, 0.1) is 27.9 Å². The Hall–Kier alpha value is -4.33. The van der Waals surface area contributed by atoms with Crippen LogP contribution in [0.2, 0.25) is 0 Å². The average molecular weight is 466 g/mol. The largest absolute Gasteiger partial charge is 0.504 e. The van der Waals surface area contributed by atoms with Crippen molar-refractivity contribution >= 4 is 17.7 Å². The summed E-state index contributed by atoms with van der Waals surface area (Å²) < 4.78 is 21.9. The molecule has 3 aromatic rings. The topological polar surface area (TPSA) is 106 Å².